The van der Waals surface area contributed by atoms with Gasteiger partial charge in [0, 0.05) is 104 Å². The third-order valence-electron chi connectivity index (χ3n) is 27.4. The molecule has 0 saturated carbocycles. The normalized spacial score (nSPS) is 11.9. The van der Waals surface area contributed by atoms with Gasteiger partial charge in [0.05, 0.1) is 77.6 Å². The number of hydrogen-bond acceptors (Lipinski definition) is 2. The largest absolute Gasteiger partial charge is 0.309 e. The van der Waals surface area contributed by atoms with Crippen LogP contribution in [-0.4, -0.2) is 37.4 Å². The Labute approximate surface area is 759 Å². The van der Waals surface area contributed by atoms with Gasteiger partial charge in [-0.2, -0.15) is 0 Å². The molecular formula is C124H78N8. The predicted octanol–water partition coefficient (Wildman–Crippen LogP) is 32.4. The summed E-state index contributed by atoms with van der Waals surface area (Å²) in [7, 11) is 0. The minimum Gasteiger partial charge on any atom is -0.309 e. The van der Waals surface area contributed by atoms with Gasteiger partial charge in [0.2, 0.25) is 5.95 Å². The van der Waals surface area contributed by atoms with Crippen molar-refractivity contribution in [2.45, 2.75) is 0 Å². The number of rotatable bonds is 14. The number of para-hydroxylation sites is 8. The third-order valence-corrected chi connectivity index (χ3v) is 27.4. The van der Waals surface area contributed by atoms with Gasteiger partial charge < -0.3 is 22.8 Å². The first-order valence-electron chi connectivity index (χ1n) is 45.2. The lowest BCUT2D eigenvalue weighted by molar-refractivity contribution is 0.995. The van der Waals surface area contributed by atoms with Crippen LogP contribution in [0.5, 0.6) is 0 Å². The maximum atomic E-state index is 5.99. The molecule has 0 N–H and O–H groups in total. The van der Waals surface area contributed by atoms with E-state index in [0.29, 0.717) is 5.95 Å². The zero-order valence-electron chi connectivity index (χ0n) is 71.6. The van der Waals surface area contributed by atoms with Gasteiger partial charge in [0.25, 0.3) is 0 Å². The summed E-state index contributed by atoms with van der Waals surface area (Å²) in [5, 5.41) is 14.1. The molecule has 7 aromatic heterocycles. The fraction of sp³-hybridized carbons (Fsp3) is 0. The SMILES string of the molecule is c1ccc(-c2cccc(-c3cc(-c4cccc(-n5c6ccc(-c7ccc8c(c7)c7ccccc7n8-c7ccccc7)cc6c6cc(-c7ccc8c(c7)c7ccccc7n8-c7ccccc7)ccc65)c4)nc(-n4c5ccc(-c6ccc7c(c6)c6ccccc6n7-c6ccccc6)cc5c5cc(-c6ccc7c(c6)c6ccccc6n7-c6ccccc6)ccc54)n3)c2-c2ccccc2)cc1. The minimum atomic E-state index is 0.547. The fourth-order valence-corrected chi connectivity index (χ4v) is 21.5. The van der Waals surface area contributed by atoms with Gasteiger partial charge in [-0.3, -0.25) is 4.57 Å². The Balaban J connectivity index is 0.672. The van der Waals surface area contributed by atoms with Crippen molar-refractivity contribution >= 4 is 131 Å². The third kappa shape index (κ3) is 11.9. The summed E-state index contributed by atoms with van der Waals surface area (Å²) in [4.78, 5) is 12.0. The van der Waals surface area contributed by atoms with Crippen molar-refractivity contribution in [2.24, 2.45) is 0 Å². The van der Waals surface area contributed by atoms with Gasteiger partial charge in [-0.1, -0.05) is 285 Å². The Kier molecular flexibility index (Phi) is 16.9. The molecule has 8 nitrogen and oxygen atoms in total. The maximum absolute atomic E-state index is 5.99. The number of aromatic nitrogens is 8. The Bertz CT molecular complexity index is 8950. The van der Waals surface area contributed by atoms with Gasteiger partial charge in [-0.25, -0.2) is 9.97 Å². The van der Waals surface area contributed by atoms with E-state index < -0.39 is 0 Å². The average molecular weight is 1680 g/mol. The highest BCUT2D eigenvalue weighted by Gasteiger charge is 2.27. The van der Waals surface area contributed by atoms with Gasteiger partial charge >= 0.3 is 0 Å². The molecule has 132 heavy (non-hydrogen) atoms. The van der Waals surface area contributed by atoms with E-state index in [1.54, 1.807) is 0 Å². The van der Waals surface area contributed by atoms with Crippen LogP contribution < -0.4 is 0 Å². The Morgan fingerprint density at radius 2 is 0.364 bits per heavy atom. The predicted molar refractivity (Wildman–Crippen MR) is 552 cm³/mol. The molecule has 0 aliphatic carbocycles. The topological polar surface area (TPSA) is 55.4 Å². The molecule has 0 radical (unpaired) electrons. The number of fused-ring (bicyclic) bond motifs is 18. The van der Waals surface area contributed by atoms with E-state index in [0.717, 1.165) is 172 Å². The van der Waals surface area contributed by atoms with Crippen molar-refractivity contribution in [3.8, 4) is 124 Å². The lowest BCUT2D eigenvalue weighted by Gasteiger charge is -2.18. The molecule has 614 valence electrons. The highest BCUT2D eigenvalue weighted by molar-refractivity contribution is 6.18. The van der Waals surface area contributed by atoms with Gasteiger partial charge in [0.15, 0.2) is 0 Å². The van der Waals surface area contributed by atoms with Crippen molar-refractivity contribution < 1.29 is 0 Å². The molecule has 7 heterocycles. The van der Waals surface area contributed by atoms with Crippen LogP contribution >= 0.6 is 0 Å². The summed E-state index contributed by atoms with van der Waals surface area (Å²) in [5.41, 5.74) is 35.9. The number of hydrogen-bond donors (Lipinski definition) is 0. The molecular weight excluding hydrogens is 1600 g/mol. The van der Waals surface area contributed by atoms with E-state index in [9.17, 15) is 0 Å². The second-order valence-electron chi connectivity index (χ2n) is 34.7. The molecule has 8 heteroatoms. The van der Waals surface area contributed by atoms with Crippen LogP contribution in [-0.2, 0) is 0 Å². The molecule has 0 unspecified atom stereocenters. The molecule has 27 rings (SSSR count). The summed E-state index contributed by atoms with van der Waals surface area (Å²) in [6.07, 6.45) is 0. The summed E-state index contributed by atoms with van der Waals surface area (Å²) < 4.78 is 14.4. The minimum absolute atomic E-state index is 0.547. The molecule has 0 aliphatic rings. The molecule has 0 spiro atoms. The molecule has 0 aliphatic heterocycles. The van der Waals surface area contributed by atoms with E-state index in [2.05, 4.69) is 501 Å². The fourth-order valence-electron chi connectivity index (χ4n) is 21.5. The van der Waals surface area contributed by atoms with Crippen LogP contribution in [0.15, 0.2) is 473 Å². The first-order chi connectivity index (χ1) is 65.5. The quantitative estimate of drug-likeness (QED) is 0.109. The van der Waals surface area contributed by atoms with Crippen molar-refractivity contribution in [1.82, 2.24) is 37.4 Å². The zero-order valence-corrected chi connectivity index (χ0v) is 71.6. The van der Waals surface area contributed by atoms with E-state index in [1.807, 2.05) is 0 Å². The number of benzene rings is 20. The van der Waals surface area contributed by atoms with E-state index in [1.165, 1.54) is 76.2 Å². The van der Waals surface area contributed by atoms with Crippen molar-refractivity contribution in [3.63, 3.8) is 0 Å². The molecule has 0 atom stereocenters. The lowest BCUT2D eigenvalue weighted by atomic mass is 9.89. The first kappa shape index (κ1) is 74.5. The van der Waals surface area contributed by atoms with Gasteiger partial charge in [-0.15, -0.1) is 0 Å². The summed E-state index contributed by atoms with van der Waals surface area (Å²) in [5.74, 6) is 0.547. The van der Waals surface area contributed by atoms with E-state index in [-0.39, 0.29) is 0 Å². The van der Waals surface area contributed by atoms with Gasteiger partial charge in [0.1, 0.15) is 0 Å². The van der Waals surface area contributed by atoms with Crippen LogP contribution in [0, 0.1) is 0 Å². The average Bonchev–Trinajstić information content (AvgIpc) is 1.56. The van der Waals surface area contributed by atoms with Crippen LogP contribution in [0.3, 0.4) is 0 Å². The highest BCUT2D eigenvalue weighted by atomic mass is 15.2. The molecule has 0 saturated heterocycles. The molecule has 0 amide bonds. The Morgan fingerprint density at radius 1 is 0.129 bits per heavy atom. The number of nitrogens with zero attached hydrogens (tertiary/aromatic N) is 8. The summed E-state index contributed by atoms with van der Waals surface area (Å²) >= 11 is 0. The Hall–Kier alpha value is -17.7. The van der Waals surface area contributed by atoms with E-state index >= 15 is 0 Å². The van der Waals surface area contributed by atoms with Crippen LogP contribution in [0.4, 0.5) is 0 Å². The second kappa shape index (κ2) is 30.0. The molecule has 0 fully saturated rings. The smallest absolute Gasteiger partial charge is 0.235 e. The van der Waals surface area contributed by atoms with E-state index in [4.69, 9.17) is 9.97 Å². The summed E-state index contributed by atoms with van der Waals surface area (Å²) in [6.45, 7) is 0. The highest BCUT2D eigenvalue weighted by Crippen LogP contribution is 2.48. The summed E-state index contributed by atoms with van der Waals surface area (Å²) in [6, 6.07) is 174. The van der Waals surface area contributed by atoms with Crippen LogP contribution in [0.1, 0.15) is 0 Å². The van der Waals surface area contributed by atoms with Crippen molar-refractivity contribution in [2.75, 3.05) is 0 Å². The monoisotopic (exact) mass is 1680 g/mol. The maximum Gasteiger partial charge on any atom is 0.235 e. The van der Waals surface area contributed by atoms with Crippen LogP contribution in [0.2, 0.25) is 0 Å². The molecule has 27 aromatic rings. The van der Waals surface area contributed by atoms with Crippen LogP contribution in [0.25, 0.3) is 254 Å². The first-order valence-corrected chi connectivity index (χ1v) is 45.2. The van der Waals surface area contributed by atoms with Gasteiger partial charge in [-0.05, 0) is 255 Å². The lowest BCUT2D eigenvalue weighted by Crippen LogP contribution is -2.05. The molecule has 0 bridgehead atoms. The standard InChI is InChI=1S/C124H78N8/c1-7-29-79(30-8-1)95-47-28-48-100(123(95)80-31-9-2-10-32-80)110-78-109(125-124(126-110)132-121-67-59-87(83-55-63-117-103(72-83)98-45-21-25-51-113(98)129(117)92-38-15-5-16-39-92)76-107(121)108-77-88(60-68-122(108)132)84-56-64-118-104(73-84)99-46-22-26-52-114(99)130(118)93-40-17-6-18-41-93)89-33-27-42-94(69-89)131-119-65-57-85(81-53-61-115-101(70-81)96-43-19-23-49-111(96)127(115)90-34-11-3-12-35-90)74-105(119)106-75-86(58-66-120(106)131)82-54-62-116-102(71-82)97-44-20-24-50-112(97)128(116)91-36-13-4-14-37-91/h1-78H. The van der Waals surface area contributed by atoms with Crippen molar-refractivity contribution in [3.05, 3.63) is 473 Å². The van der Waals surface area contributed by atoms with Crippen molar-refractivity contribution in [1.29, 1.82) is 0 Å². The zero-order chi connectivity index (χ0) is 86.6. The Morgan fingerprint density at radius 3 is 0.697 bits per heavy atom. The second-order valence-corrected chi connectivity index (χ2v) is 34.7. The molecule has 20 aromatic carbocycles.